The molecule has 1 aromatic rings. The molecule has 1 N–H and O–H groups in total. The van der Waals surface area contributed by atoms with Crippen LogP contribution in [0, 0.1) is 0 Å². The number of rotatable bonds is 4. The lowest BCUT2D eigenvalue weighted by molar-refractivity contribution is 0.0562. The van der Waals surface area contributed by atoms with Crippen LogP contribution in [0.4, 0.5) is 5.82 Å². The van der Waals surface area contributed by atoms with Crippen molar-refractivity contribution in [2.45, 2.75) is 39.7 Å². The molecule has 0 spiro atoms. The summed E-state index contributed by atoms with van der Waals surface area (Å²) in [4.78, 5) is 19.1. The average Bonchev–Trinajstić information content (AvgIpc) is 2.71. The highest BCUT2D eigenvalue weighted by molar-refractivity contribution is 5.95. The van der Waals surface area contributed by atoms with Crippen LogP contribution in [-0.4, -0.2) is 48.1 Å². The predicted molar refractivity (Wildman–Crippen MR) is 83.7 cm³/mol. The number of aromatic nitrogens is 1. The molecule has 1 atom stereocenters. The second-order valence-corrected chi connectivity index (χ2v) is 5.40. The van der Waals surface area contributed by atoms with E-state index in [4.69, 9.17) is 4.74 Å². The lowest BCUT2D eigenvalue weighted by Crippen LogP contribution is -2.36. The van der Waals surface area contributed by atoms with E-state index in [2.05, 4.69) is 10.3 Å². The molecule has 0 saturated carbocycles. The fourth-order valence-electron chi connectivity index (χ4n) is 2.53. The topological polar surface area (TPSA) is 54.5 Å². The zero-order valence-corrected chi connectivity index (χ0v) is 13.2. The Hall–Kier alpha value is -1.62. The van der Waals surface area contributed by atoms with Gasteiger partial charge in [-0.1, -0.05) is 6.92 Å². The Morgan fingerprint density at radius 3 is 3.00 bits per heavy atom. The standard InChI is InChI=1S/C16H25N3O2/c1-4-14-9-13(10-15(18-14)17-5-2)16(20)19-7-6-8-21-12(3)11-19/h9-10,12H,4-8,11H2,1-3H3,(H,17,18). The van der Waals surface area contributed by atoms with Crippen molar-refractivity contribution in [3.63, 3.8) is 0 Å². The lowest BCUT2D eigenvalue weighted by Gasteiger charge is -2.22. The number of nitrogens with zero attached hydrogens (tertiary/aromatic N) is 2. The van der Waals surface area contributed by atoms with Gasteiger partial charge in [-0.05, 0) is 38.8 Å². The Kier molecular flexibility index (Phi) is 5.56. The van der Waals surface area contributed by atoms with E-state index in [1.54, 1.807) is 0 Å². The van der Waals surface area contributed by atoms with Crippen LogP contribution in [0.3, 0.4) is 0 Å². The number of hydrogen-bond acceptors (Lipinski definition) is 4. The molecule has 1 amide bonds. The van der Waals surface area contributed by atoms with Gasteiger partial charge >= 0.3 is 0 Å². The van der Waals surface area contributed by atoms with Gasteiger partial charge in [-0.3, -0.25) is 4.79 Å². The van der Waals surface area contributed by atoms with Gasteiger partial charge in [0.2, 0.25) is 0 Å². The first-order valence-corrected chi connectivity index (χ1v) is 7.79. The van der Waals surface area contributed by atoms with Gasteiger partial charge in [0.05, 0.1) is 6.10 Å². The molecule has 0 aliphatic carbocycles. The van der Waals surface area contributed by atoms with Crippen LogP contribution in [0.2, 0.25) is 0 Å². The highest BCUT2D eigenvalue weighted by Crippen LogP contribution is 2.15. The van der Waals surface area contributed by atoms with Gasteiger partial charge in [0.25, 0.3) is 5.91 Å². The molecule has 1 aliphatic heterocycles. The van der Waals surface area contributed by atoms with E-state index in [1.807, 2.05) is 37.8 Å². The molecule has 0 aromatic carbocycles. The summed E-state index contributed by atoms with van der Waals surface area (Å²) in [6, 6.07) is 3.75. The zero-order valence-electron chi connectivity index (χ0n) is 13.2. The number of anilines is 1. The van der Waals surface area contributed by atoms with Crippen molar-refractivity contribution in [1.82, 2.24) is 9.88 Å². The third kappa shape index (κ3) is 4.17. The molecule has 1 unspecified atom stereocenters. The second-order valence-electron chi connectivity index (χ2n) is 5.40. The average molecular weight is 291 g/mol. The van der Waals surface area contributed by atoms with Crippen LogP contribution in [0.15, 0.2) is 12.1 Å². The van der Waals surface area contributed by atoms with Gasteiger partial charge in [0, 0.05) is 37.5 Å². The third-order valence-corrected chi connectivity index (χ3v) is 3.58. The molecule has 1 saturated heterocycles. The number of aryl methyl sites for hydroxylation is 1. The number of amides is 1. The van der Waals surface area contributed by atoms with Crippen LogP contribution in [0.1, 0.15) is 43.2 Å². The van der Waals surface area contributed by atoms with Gasteiger partial charge in [-0.2, -0.15) is 0 Å². The van der Waals surface area contributed by atoms with Crippen molar-refractivity contribution in [3.8, 4) is 0 Å². The number of ether oxygens (including phenoxy) is 1. The summed E-state index contributed by atoms with van der Waals surface area (Å²) in [5.74, 6) is 0.850. The van der Waals surface area contributed by atoms with Crippen LogP contribution in [0.5, 0.6) is 0 Å². The maximum Gasteiger partial charge on any atom is 0.254 e. The summed E-state index contributed by atoms with van der Waals surface area (Å²) in [6.07, 6.45) is 1.80. The quantitative estimate of drug-likeness (QED) is 0.925. The van der Waals surface area contributed by atoms with E-state index < -0.39 is 0 Å². The second kappa shape index (κ2) is 7.41. The maximum atomic E-state index is 12.7. The summed E-state index contributed by atoms with van der Waals surface area (Å²) in [5.41, 5.74) is 1.66. The highest BCUT2D eigenvalue weighted by atomic mass is 16.5. The highest BCUT2D eigenvalue weighted by Gasteiger charge is 2.21. The number of carbonyl (C=O) groups excluding carboxylic acids is 1. The molecular formula is C16H25N3O2. The SMILES string of the molecule is CCNc1cc(C(=O)N2CCCOC(C)C2)cc(CC)n1. The summed E-state index contributed by atoms with van der Waals surface area (Å²) < 4.78 is 5.61. The van der Waals surface area contributed by atoms with E-state index in [0.717, 1.165) is 44.0 Å². The molecule has 1 fully saturated rings. The Bertz CT molecular complexity index is 490. The molecule has 5 nitrogen and oxygen atoms in total. The smallest absolute Gasteiger partial charge is 0.254 e. The van der Waals surface area contributed by atoms with Crippen molar-refractivity contribution >= 4 is 11.7 Å². The Morgan fingerprint density at radius 1 is 1.48 bits per heavy atom. The van der Waals surface area contributed by atoms with Crippen LogP contribution < -0.4 is 5.32 Å². The number of nitrogens with one attached hydrogen (secondary N) is 1. The summed E-state index contributed by atoms with van der Waals surface area (Å²) in [6.45, 7) is 9.01. The summed E-state index contributed by atoms with van der Waals surface area (Å²) in [5, 5.41) is 3.20. The molecule has 2 rings (SSSR count). The fraction of sp³-hybridized carbons (Fsp3) is 0.625. The van der Waals surface area contributed by atoms with Crippen LogP contribution in [0.25, 0.3) is 0 Å². The van der Waals surface area contributed by atoms with Gasteiger partial charge in [0.15, 0.2) is 0 Å². The van der Waals surface area contributed by atoms with Crippen molar-refractivity contribution in [1.29, 1.82) is 0 Å². The van der Waals surface area contributed by atoms with Gasteiger partial charge in [-0.25, -0.2) is 4.98 Å². The molecular weight excluding hydrogens is 266 g/mol. The van der Waals surface area contributed by atoms with Crippen molar-refractivity contribution in [3.05, 3.63) is 23.4 Å². The molecule has 0 radical (unpaired) electrons. The molecule has 116 valence electrons. The largest absolute Gasteiger partial charge is 0.377 e. The lowest BCUT2D eigenvalue weighted by atomic mass is 10.1. The van der Waals surface area contributed by atoms with E-state index in [1.165, 1.54) is 0 Å². The number of pyridine rings is 1. The number of hydrogen-bond donors (Lipinski definition) is 1. The molecule has 5 heteroatoms. The minimum Gasteiger partial charge on any atom is -0.377 e. The summed E-state index contributed by atoms with van der Waals surface area (Å²) in [7, 11) is 0. The van der Waals surface area contributed by atoms with E-state index in [-0.39, 0.29) is 12.0 Å². The normalized spacial score (nSPS) is 19.2. The third-order valence-electron chi connectivity index (χ3n) is 3.58. The minimum absolute atomic E-state index is 0.0728. The number of carbonyl (C=O) groups is 1. The molecule has 2 heterocycles. The van der Waals surface area contributed by atoms with Crippen LogP contribution >= 0.6 is 0 Å². The monoisotopic (exact) mass is 291 g/mol. The fourth-order valence-corrected chi connectivity index (χ4v) is 2.53. The molecule has 0 bridgehead atoms. The van der Waals surface area contributed by atoms with Gasteiger partial charge in [-0.15, -0.1) is 0 Å². The Morgan fingerprint density at radius 2 is 2.29 bits per heavy atom. The first-order valence-electron chi connectivity index (χ1n) is 7.79. The van der Waals surface area contributed by atoms with Crippen LogP contribution in [-0.2, 0) is 11.2 Å². The van der Waals surface area contributed by atoms with E-state index in [0.29, 0.717) is 12.1 Å². The maximum absolute atomic E-state index is 12.7. The van der Waals surface area contributed by atoms with Crippen molar-refractivity contribution in [2.24, 2.45) is 0 Å². The Labute approximate surface area is 126 Å². The van der Waals surface area contributed by atoms with E-state index in [9.17, 15) is 4.79 Å². The van der Waals surface area contributed by atoms with Crippen molar-refractivity contribution in [2.75, 3.05) is 31.6 Å². The first kappa shape index (κ1) is 15.8. The minimum atomic E-state index is 0.0728. The molecule has 1 aliphatic rings. The zero-order chi connectivity index (χ0) is 15.2. The van der Waals surface area contributed by atoms with Gasteiger partial charge in [0.1, 0.15) is 5.82 Å². The Balaban J connectivity index is 2.22. The van der Waals surface area contributed by atoms with Crippen molar-refractivity contribution < 1.29 is 9.53 Å². The molecule has 1 aromatic heterocycles. The summed E-state index contributed by atoms with van der Waals surface area (Å²) >= 11 is 0. The van der Waals surface area contributed by atoms with E-state index >= 15 is 0 Å². The van der Waals surface area contributed by atoms with Gasteiger partial charge < -0.3 is 15.0 Å². The molecule has 21 heavy (non-hydrogen) atoms. The predicted octanol–water partition coefficient (Wildman–Crippen LogP) is 2.33. The first-order chi connectivity index (χ1) is 10.1.